The lowest BCUT2D eigenvalue weighted by Crippen LogP contribution is -2.17. The van der Waals surface area contributed by atoms with Crippen molar-refractivity contribution in [3.05, 3.63) is 45.2 Å². The molecule has 0 fully saturated rings. The molecule has 0 atom stereocenters. The number of halogens is 2. The van der Waals surface area contributed by atoms with Crippen LogP contribution >= 0.6 is 0 Å². The molecule has 0 aliphatic carbocycles. The fraction of sp³-hybridized carbons (Fsp3) is 0.133. The number of aromatic nitrogens is 1. The van der Waals surface area contributed by atoms with Gasteiger partial charge in [0.2, 0.25) is 0 Å². The summed E-state index contributed by atoms with van der Waals surface area (Å²) in [6, 6.07) is 5.00. The van der Waals surface area contributed by atoms with Crippen molar-refractivity contribution in [2.45, 2.75) is 6.92 Å². The number of aromatic amines is 1. The summed E-state index contributed by atoms with van der Waals surface area (Å²) in [6.45, 7) is 1.84. The van der Waals surface area contributed by atoms with Crippen molar-refractivity contribution in [3.63, 3.8) is 0 Å². The first-order chi connectivity index (χ1) is 10.9. The normalized spacial score (nSPS) is 9.96. The Hall–Kier alpha value is -3.39. The molecule has 0 aliphatic rings. The average Bonchev–Trinajstić information content (AvgIpc) is 2.47. The number of nitrogens with zero attached hydrogens (tertiary/aromatic N) is 2. The minimum Gasteiger partial charge on any atom is -0.494 e. The van der Waals surface area contributed by atoms with Gasteiger partial charge in [0.15, 0.2) is 0 Å². The van der Waals surface area contributed by atoms with Gasteiger partial charge >= 0.3 is 0 Å². The molecule has 6 nitrogen and oxygen atoms in total. The van der Waals surface area contributed by atoms with Gasteiger partial charge in [-0.2, -0.15) is 10.5 Å². The molecular formula is C15H10F2N4O2. The zero-order chi connectivity index (χ0) is 17.1. The predicted octanol–water partition coefficient (Wildman–Crippen LogP) is 2.04. The van der Waals surface area contributed by atoms with Crippen molar-refractivity contribution >= 4 is 5.82 Å². The van der Waals surface area contributed by atoms with Crippen molar-refractivity contribution in [2.24, 2.45) is 0 Å². The van der Waals surface area contributed by atoms with Gasteiger partial charge in [0.05, 0.1) is 12.2 Å². The fourth-order valence-corrected chi connectivity index (χ4v) is 2.13. The van der Waals surface area contributed by atoms with E-state index in [1.54, 1.807) is 19.1 Å². The topological polar surface area (TPSA) is 116 Å². The molecule has 1 aromatic carbocycles. The number of nitrogens with one attached hydrogen (secondary N) is 1. The highest BCUT2D eigenvalue weighted by molar-refractivity contribution is 5.81. The number of ether oxygens (including phenoxy) is 1. The molecular weight excluding hydrogens is 306 g/mol. The first-order valence-electron chi connectivity index (χ1n) is 6.42. The number of nitriles is 2. The molecule has 8 heteroatoms. The van der Waals surface area contributed by atoms with Crippen LogP contribution in [-0.4, -0.2) is 11.6 Å². The van der Waals surface area contributed by atoms with E-state index in [1.165, 1.54) is 0 Å². The Morgan fingerprint density at radius 2 is 1.74 bits per heavy atom. The Morgan fingerprint density at radius 3 is 2.22 bits per heavy atom. The maximum atomic E-state index is 14.3. The van der Waals surface area contributed by atoms with Crippen LogP contribution in [0.25, 0.3) is 11.1 Å². The monoisotopic (exact) mass is 316 g/mol. The molecule has 2 rings (SSSR count). The molecule has 0 aliphatic heterocycles. The van der Waals surface area contributed by atoms with E-state index in [9.17, 15) is 13.6 Å². The predicted molar refractivity (Wildman–Crippen MR) is 77.4 cm³/mol. The quantitative estimate of drug-likeness (QED) is 0.899. The molecule has 116 valence electrons. The van der Waals surface area contributed by atoms with Crippen LogP contribution in [0, 0.1) is 34.3 Å². The Labute approximate surface area is 129 Å². The highest BCUT2D eigenvalue weighted by Crippen LogP contribution is 2.34. The van der Waals surface area contributed by atoms with Crippen molar-refractivity contribution in [1.29, 1.82) is 10.5 Å². The Bertz CT molecular complexity index is 900. The largest absolute Gasteiger partial charge is 0.494 e. The molecule has 0 bridgehead atoms. The van der Waals surface area contributed by atoms with Crippen LogP contribution in [-0.2, 0) is 0 Å². The Balaban J connectivity index is 2.91. The molecule has 0 saturated heterocycles. The van der Waals surface area contributed by atoms with E-state index in [-0.39, 0.29) is 23.7 Å². The molecule has 0 saturated carbocycles. The van der Waals surface area contributed by atoms with E-state index in [1.807, 2.05) is 0 Å². The summed E-state index contributed by atoms with van der Waals surface area (Å²) in [5, 5.41) is 18.3. The number of nitrogens with two attached hydrogens (primary N) is 1. The SMILES string of the molecule is CCOc1cc(F)c(-c2c(C#N)c(N)[nH]c(=O)c2C#N)c(F)c1. The summed E-state index contributed by atoms with van der Waals surface area (Å²) in [5.41, 5.74) is 2.43. The van der Waals surface area contributed by atoms with E-state index >= 15 is 0 Å². The second-order valence-corrected chi connectivity index (χ2v) is 4.41. The third kappa shape index (κ3) is 2.70. The second kappa shape index (κ2) is 6.16. The number of hydrogen-bond acceptors (Lipinski definition) is 5. The highest BCUT2D eigenvalue weighted by atomic mass is 19.1. The fourth-order valence-electron chi connectivity index (χ4n) is 2.13. The first-order valence-corrected chi connectivity index (χ1v) is 6.42. The minimum atomic E-state index is -1.08. The third-order valence-corrected chi connectivity index (χ3v) is 3.04. The molecule has 0 radical (unpaired) electrons. The van der Waals surface area contributed by atoms with Crippen molar-refractivity contribution in [3.8, 4) is 29.0 Å². The van der Waals surface area contributed by atoms with Gasteiger partial charge in [-0.1, -0.05) is 0 Å². The van der Waals surface area contributed by atoms with E-state index in [0.717, 1.165) is 12.1 Å². The van der Waals surface area contributed by atoms with Crippen LogP contribution < -0.4 is 16.0 Å². The van der Waals surface area contributed by atoms with Crippen LogP contribution in [0.2, 0.25) is 0 Å². The smallest absolute Gasteiger partial charge is 0.268 e. The van der Waals surface area contributed by atoms with E-state index in [0.29, 0.717) is 0 Å². The van der Waals surface area contributed by atoms with Gasteiger partial charge < -0.3 is 15.5 Å². The number of H-pyrrole nitrogens is 1. The zero-order valence-corrected chi connectivity index (χ0v) is 11.9. The second-order valence-electron chi connectivity index (χ2n) is 4.41. The van der Waals surface area contributed by atoms with Crippen LogP contribution in [0.4, 0.5) is 14.6 Å². The molecule has 0 unspecified atom stereocenters. The zero-order valence-electron chi connectivity index (χ0n) is 11.9. The van der Waals surface area contributed by atoms with Gasteiger partial charge in [-0.05, 0) is 6.92 Å². The number of nitrogen functional groups attached to an aromatic ring is 1. The maximum absolute atomic E-state index is 14.3. The van der Waals surface area contributed by atoms with Crippen LogP contribution in [0.3, 0.4) is 0 Å². The number of anilines is 1. The summed E-state index contributed by atoms with van der Waals surface area (Å²) >= 11 is 0. The van der Waals surface area contributed by atoms with Crippen molar-refractivity contribution in [1.82, 2.24) is 4.98 Å². The van der Waals surface area contributed by atoms with Gasteiger partial charge in [-0.3, -0.25) is 4.79 Å². The van der Waals surface area contributed by atoms with E-state index < -0.39 is 33.9 Å². The summed E-state index contributed by atoms with van der Waals surface area (Å²) in [5.74, 6) is -2.59. The number of pyridine rings is 1. The molecule has 0 spiro atoms. The highest BCUT2D eigenvalue weighted by Gasteiger charge is 2.24. The maximum Gasteiger partial charge on any atom is 0.268 e. The molecule has 0 amide bonds. The minimum absolute atomic E-state index is 0.0546. The summed E-state index contributed by atoms with van der Waals surface area (Å²) in [4.78, 5) is 13.9. The van der Waals surface area contributed by atoms with Crippen LogP contribution in [0.1, 0.15) is 18.1 Å². The van der Waals surface area contributed by atoms with Gasteiger partial charge in [0.1, 0.15) is 46.5 Å². The van der Waals surface area contributed by atoms with E-state index in [4.69, 9.17) is 21.0 Å². The molecule has 2 aromatic rings. The van der Waals surface area contributed by atoms with Gasteiger partial charge in [-0.15, -0.1) is 0 Å². The van der Waals surface area contributed by atoms with E-state index in [2.05, 4.69) is 4.98 Å². The van der Waals surface area contributed by atoms with Crippen molar-refractivity contribution in [2.75, 3.05) is 12.3 Å². The molecule has 3 N–H and O–H groups in total. The van der Waals surface area contributed by atoms with Gasteiger partial charge in [0, 0.05) is 17.7 Å². The molecule has 1 heterocycles. The summed E-state index contributed by atoms with van der Waals surface area (Å²) in [6.07, 6.45) is 0. The third-order valence-electron chi connectivity index (χ3n) is 3.04. The van der Waals surface area contributed by atoms with Gasteiger partial charge in [0.25, 0.3) is 5.56 Å². The lowest BCUT2D eigenvalue weighted by atomic mass is 9.95. The van der Waals surface area contributed by atoms with Gasteiger partial charge in [-0.25, -0.2) is 8.78 Å². The Morgan fingerprint density at radius 1 is 1.17 bits per heavy atom. The lowest BCUT2D eigenvalue weighted by Gasteiger charge is -2.12. The number of rotatable bonds is 3. The van der Waals surface area contributed by atoms with Crippen LogP contribution in [0.15, 0.2) is 16.9 Å². The number of benzene rings is 1. The van der Waals surface area contributed by atoms with Crippen LogP contribution in [0.5, 0.6) is 5.75 Å². The summed E-state index contributed by atoms with van der Waals surface area (Å²) < 4.78 is 33.7. The molecule has 1 aromatic heterocycles. The first kappa shape index (κ1) is 16.0. The average molecular weight is 316 g/mol. The number of hydrogen-bond donors (Lipinski definition) is 2. The standard InChI is InChI=1S/C15H10F2N4O2/c1-2-23-7-3-10(16)13(11(17)4-7)12-8(5-18)14(20)21-15(22)9(12)6-19/h3-4H,2H2,1H3,(H3,20,21,22). The lowest BCUT2D eigenvalue weighted by molar-refractivity contribution is 0.336. The Kier molecular flexibility index (Phi) is 4.28. The summed E-state index contributed by atoms with van der Waals surface area (Å²) in [7, 11) is 0. The molecule has 23 heavy (non-hydrogen) atoms. The van der Waals surface area contributed by atoms with Crippen molar-refractivity contribution < 1.29 is 13.5 Å².